The van der Waals surface area contributed by atoms with Crippen LogP contribution >= 0.6 is 0 Å². The van der Waals surface area contributed by atoms with E-state index in [1.165, 1.54) is 11.3 Å². The summed E-state index contributed by atoms with van der Waals surface area (Å²) in [5, 5.41) is 12.4. The molecule has 4 heteroatoms. The predicted molar refractivity (Wildman–Crippen MR) is 75.0 cm³/mol. The third-order valence-electron chi connectivity index (χ3n) is 2.88. The highest BCUT2D eigenvalue weighted by atomic mass is 16.5. The number of aliphatic hydroxyl groups is 1. The lowest BCUT2D eigenvalue weighted by atomic mass is 10.1. The van der Waals surface area contributed by atoms with E-state index in [1.54, 1.807) is 7.11 Å². The molecular formula is C14H24N2O2. The zero-order valence-electron chi connectivity index (χ0n) is 11.4. The number of benzene rings is 1. The molecule has 0 aliphatic rings. The van der Waals surface area contributed by atoms with Gasteiger partial charge in [0, 0.05) is 39.0 Å². The molecular weight excluding hydrogens is 228 g/mol. The van der Waals surface area contributed by atoms with E-state index in [0.717, 1.165) is 26.2 Å². The second kappa shape index (κ2) is 8.91. The van der Waals surface area contributed by atoms with Gasteiger partial charge in [0.2, 0.25) is 0 Å². The summed E-state index contributed by atoms with van der Waals surface area (Å²) in [5.74, 6) is 0. The zero-order valence-corrected chi connectivity index (χ0v) is 11.4. The fraction of sp³-hybridized carbons (Fsp3) is 0.571. The molecule has 0 heterocycles. The molecule has 0 spiro atoms. The van der Waals surface area contributed by atoms with Crippen LogP contribution in [0.15, 0.2) is 24.3 Å². The third kappa shape index (κ3) is 4.64. The molecule has 0 amide bonds. The van der Waals surface area contributed by atoms with Gasteiger partial charge in [0.25, 0.3) is 0 Å². The minimum absolute atomic E-state index is 0.180. The van der Waals surface area contributed by atoms with Crippen molar-refractivity contribution in [2.24, 2.45) is 0 Å². The Morgan fingerprint density at radius 1 is 1.33 bits per heavy atom. The number of aliphatic hydroxyl groups excluding tert-OH is 1. The number of ether oxygens (including phenoxy) is 1. The average molecular weight is 252 g/mol. The lowest BCUT2D eigenvalue weighted by Crippen LogP contribution is -2.28. The van der Waals surface area contributed by atoms with Gasteiger partial charge >= 0.3 is 0 Å². The normalized spacial score (nSPS) is 10.6. The van der Waals surface area contributed by atoms with Crippen LogP contribution in [0, 0.1) is 0 Å². The SMILES string of the molecule is CCN(CCO)c1ccccc1CNCCOC. The van der Waals surface area contributed by atoms with Crippen LogP contribution in [0.1, 0.15) is 12.5 Å². The highest BCUT2D eigenvalue weighted by Gasteiger charge is 2.08. The molecule has 0 radical (unpaired) electrons. The van der Waals surface area contributed by atoms with Crippen LogP contribution in [0.25, 0.3) is 0 Å². The van der Waals surface area contributed by atoms with E-state index < -0.39 is 0 Å². The second-order valence-electron chi connectivity index (χ2n) is 4.10. The molecule has 0 aliphatic carbocycles. The largest absolute Gasteiger partial charge is 0.395 e. The molecule has 1 aromatic carbocycles. The van der Waals surface area contributed by atoms with Crippen molar-refractivity contribution in [3.8, 4) is 0 Å². The first kappa shape index (κ1) is 15.0. The number of anilines is 1. The fourth-order valence-corrected chi connectivity index (χ4v) is 1.94. The number of nitrogens with zero attached hydrogens (tertiary/aromatic N) is 1. The van der Waals surface area contributed by atoms with E-state index in [9.17, 15) is 0 Å². The van der Waals surface area contributed by atoms with Crippen molar-refractivity contribution in [3.63, 3.8) is 0 Å². The smallest absolute Gasteiger partial charge is 0.0606 e. The number of hydrogen-bond donors (Lipinski definition) is 2. The molecule has 2 N–H and O–H groups in total. The Labute approximate surface area is 110 Å². The van der Waals surface area contributed by atoms with Crippen LogP contribution in [0.3, 0.4) is 0 Å². The Kier molecular flexibility index (Phi) is 7.41. The minimum Gasteiger partial charge on any atom is -0.395 e. The Balaban J connectivity index is 2.65. The molecule has 0 aliphatic heterocycles. The molecule has 0 saturated carbocycles. The minimum atomic E-state index is 0.180. The lowest BCUT2D eigenvalue weighted by molar-refractivity contribution is 0.199. The Hall–Kier alpha value is -1.10. The maximum Gasteiger partial charge on any atom is 0.0606 e. The molecule has 0 atom stereocenters. The van der Waals surface area contributed by atoms with E-state index in [0.29, 0.717) is 6.54 Å². The summed E-state index contributed by atoms with van der Waals surface area (Å²) >= 11 is 0. The molecule has 0 bridgehead atoms. The topological polar surface area (TPSA) is 44.7 Å². The Bertz CT molecular complexity index is 331. The van der Waals surface area contributed by atoms with E-state index in [2.05, 4.69) is 29.3 Å². The summed E-state index contributed by atoms with van der Waals surface area (Å²) in [6, 6.07) is 8.30. The first-order valence-electron chi connectivity index (χ1n) is 6.46. The van der Waals surface area contributed by atoms with Crippen LogP contribution in [0.4, 0.5) is 5.69 Å². The average Bonchev–Trinajstić information content (AvgIpc) is 2.42. The van der Waals surface area contributed by atoms with Gasteiger partial charge in [-0.1, -0.05) is 18.2 Å². The quantitative estimate of drug-likeness (QED) is 0.649. The third-order valence-corrected chi connectivity index (χ3v) is 2.88. The summed E-state index contributed by atoms with van der Waals surface area (Å²) in [7, 11) is 1.70. The van der Waals surface area contributed by atoms with Crippen molar-refractivity contribution in [3.05, 3.63) is 29.8 Å². The van der Waals surface area contributed by atoms with Gasteiger partial charge in [0.1, 0.15) is 0 Å². The van der Waals surface area contributed by atoms with Crippen LogP contribution in [0.2, 0.25) is 0 Å². The number of methoxy groups -OCH3 is 1. The fourth-order valence-electron chi connectivity index (χ4n) is 1.94. The van der Waals surface area contributed by atoms with Gasteiger partial charge in [-0.25, -0.2) is 0 Å². The highest BCUT2D eigenvalue weighted by molar-refractivity contribution is 5.53. The summed E-state index contributed by atoms with van der Waals surface area (Å²) in [6.07, 6.45) is 0. The van der Waals surface area contributed by atoms with Gasteiger partial charge < -0.3 is 20.1 Å². The first-order valence-corrected chi connectivity index (χ1v) is 6.46. The van der Waals surface area contributed by atoms with Gasteiger partial charge in [-0.2, -0.15) is 0 Å². The Morgan fingerprint density at radius 2 is 2.11 bits per heavy atom. The molecule has 0 unspecified atom stereocenters. The van der Waals surface area contributed by atoms with Crippen molar-refractivity contribution < 1.29 is 9.84 Å². The van der Waals surface area contributed by atoms with Gasteiger partial charge in [0.15, 0.2) is 0 Å². The molecule has 0 aromatic heterocycles. The Morgan fingerprint density at radius 3 is 2.78 bits per heavy atom. The van der Waals surface area contributed by atoms with Crippen LogP contribution < -0.4 is 10.2 Å². The van der Waals surface area contributed by atoms with E-state index in [4.69, 9.17) is 9.84 Å². The van der Waals surface area contributed by atoms with E-state index >= 15 is 0 Å². The molecule has 0 fully saturated rings. The number of para-hydroxylation sites is 1. The van der Waals surface area contributed by atoms with Crippen molar-refractivity contribution in [1.29, 1.82) is 0 Å². The molecule has 18 heavy (non-hydrogen) atoms. The number of rotatable bonds is 9. The van der Waals surface area contributed by atoms with Crippen molar-refractivity contribution >= 4 is 5.69 Å². The van der Waals surface area contributed by atoms with Gasteiger partial charge in [0.05, 0.1) is 13.2 Å². The molecule has 1 rings (SSSR count). The second-order valence-corrected chi connectivity index (χ2v) is 4.10. The van der Waals surface area contributed by atoms with Gasteiger partial charge in [-0.3, -0.25) is 0 Å². The van der Waals surface area contributed by atoms with Crippen LogP contribution in [-0.4, -0.2) is 45.1 Å². The summed E-state index contributed by atoms with van der Waals surface area (Å²) < 4.78 is 5.01. The number of nitrogens with one attached hydrogen (secondary N) is 1. The molecule has 102 valence electrons. The van der Waals surface area contributed by atoms with Crippen LogP contribution in [-0.2, 0) is 11.3 Å². The standard InChI is InChI=1S/C14H24N2O2/c1-3-16(9-10-17)14-7-5-4-6-13(14)12-15-8-11-18-2/h4-7,15,17H,3,8-12H2,1-2H3. The van der Waals surface area contributed by atoms with E-state index in [1.807, 2.05) is 12.1 Å². The van der Waals surface area contributed by atoms with Crippen molar-refractivity contribution in [2.45, 2.75) is 13.5 Å². The monoisotopic (exact) mass is 252 g/mol. The molecule has 1 aromatic rings. The predicted octanol–water partition coefficient (Wildman–Crippen LogP) is 1.24. The lowest BCUT2D eigenvalue weighted by Gasteiger charge is -2.25. The van der Waals surface area contributed by atoms with Crippen molar-refractivity contribution in [2.75, 3.05) is 44.9 Å². The van der Waals surface area contributed by atoms with Crippen LogP contribution in [0.5, 0.6) is 0 Å². The summed E-state index contributed by atoms with van der Waals surface area (Å²) in [5.41, 5.74) is 2.45. The number of hydrogen-bond acceptors (Lipinski definition) is 4. The maximum atomic E-state index is 9.09. The summed E-state index contributed by atoms with van der Waals surface area (Å²) in [4.78, 5) is 2.19. The summed E-state index contributed by atoms with van der Waals surface area (Å²) in [6.45, 7) is 6.24. The first-order chi connectivity index (χ1) is 8.83. The zero-order chi connectivity index (χ0) is 13.2. The van der Waals surface area contributed by atoms with Crippen molar-refractivity contribution in [1.82, 2.24) is 5.32 Å². The molecule has 0 saturated heterocycles. The van der Waals surface area contributed by atoms with Gasteiger partial charge in [-0.15, -0.1) is 0 Å². The van der Waals surface area contributed by atoms with E-state index in [-0.39, 0.29) is 6.61 Å². The highest BCUT2D eigenvalue weighted by Crippen LogP contribution is 2.19. The number of likely N-dealkylation sites (N-methyl/N-ethyl adjacent to an activating group) is 1. The molecule has 4 nitrogen and oxygen atoms in total. The van der Waals surface area contributed by atoms with Gasteiger partial charge in [-0.05, 0) is 18.6 Å². The maximum absolute atomic E-state index is 9.09.